The highest BCUT2D eigenvalue weighted by molar-refractivity contribution is 5.70. The van der Waals surface area contributed by atoms with E-state index in [2.05, 4.69) is 27.7 Å². The van der Waals surface area contributed by atoms with E-state index in [1.807, 2.05) is 26.8 Å². The number of ether oxygens (including phenoxy) is 6. The Morgan fingerprint density at radius 2 is 1.08 bits per heavy atom. The van der Waals surface area contributed by atoms with Gasteiger partial charge in [0.05, 0.1) is 26.1 Å². The van der Waals surface area contributed by atoms with Crippen molar-refractivity contribution in [2.75, 3.05) is 26.4 Å². The Hall–Kier alpha value is -2.70. The van der Waals surface area contributed by atoms with Crippen LogP contribution < -0.4 is 0 Å². The molecule has 5 unspecified atom stereocenters. The Bertz CT molecular complexity index is 789. The van der Waals surface area contributed by atoms with Crippen molar-refractivity contribution in [3.8, 4) is 0 Å². The quantitative estimate of drug-likeness (QED) is 0.0284. The van der Waals surface area contributed by atoms with E-state index in [9.17, 15) is 19.2 Å². The van der Waals surface area contributed by atoms with E-state index in [0.29, 0.717) is 95.5 Å². The molecule has 0 amide bonds. The second-order valence-electron chi connectivity index (χ2n) is 12.0. The van der Waals surface area contributed by atoms with Crippen LogP contribution in [0.3, 0.4) is 0 Å². The number of hydrogen-bond acceptors (Lipinski definition) is 10. The van der Waals surface area contributed by atoms with Gasteiger partial charge < -0.3 is 38.6 Å². The van der Waals surface area contributed by atoms with E-state index in [1.165, 1.54) is 0 Å². The fraction of sp³-hybridized carbons (Fsp3) is 0.833. The monoisotopic (exact) mass is 690 g/mol. The van der Waals surface area contributed by atoms with E-state index in [4.69, 9.17) is 38.6 Å². The van der Waals surface area contributed by atoms with Crippen molar-refractivity contribution in [3.63, 3.8) is 0 Å². The number of aliphatic carboxylic acids is 2. The molecule has 12 nitrogen and oxygen atoms in total. The van der Waals surface area contributed by atoms with Gasteiger partial charge in [0.1, 0.15) is 12.7 Å². The average molecular weight is 691 g/mol. The van der Waals surface area contributed by atoms with Crippen LogP contribution in [-0.2, 0) is 47.6 Å². The maximum absolute atomic E-state index is 11.9. The van der Waals surface area contributed by atoms with Crippen molar-refractivity contribution in [1.29, 1.82) is 0 Å². The second kappa shape index (κ2) is 32.8. The maximum atomic E-state index is 11.9. The molecule has 0 bridgehead atoms. The first kappa shape index (κ1) is 47.4. The molecule has 0 saturated carbocycles. The lowest BCUT2D eigenvalue weighted by Crippen LogP contribution is -2.23. The Kier molecular flexibility index (Phi) is 32.4. The molecule has 2 N–H and O–H groups in total. The molecule has 0 aromatic heterocycles. The molecule has 282 valence electrons. The summed E-state index contributed by atoms with van der Waals surface area (Å²) in [5, 5.41) is 16.4. The van der Waals surface area contributed by atoms with Crippen LogP contribution in [0.2, 0.25) is 0 Å². The van der Waals surface area contributed by atoms with Gasteiger partial charge in [-0.25, -0.2) is 0 Å². The highest BCUT2D eigenvalue weighted by Crippen LogP contribution is 2.12. The van der Waals surface area contributed by atoms with Crippen molar-refractivity contribution < 1.29 is 57.8 Å². The number of allylic oxidation sites excluding steroid dienone is 1. The molecule has 1 heterocycles. The summed E-state index contributed by atoms with van der Waals surface area (Å²) in [7, 11) is 0. The summed E-state index contributed by atoms with van der Waals surface area (Å²) in [5.41, 5.74) is 0. The molecule has 0 aliphatic carbocycles. The van der Waals surface area contributed by atoms with Crippen LogP contribution in [0, 0.1) is 11.8 Å². The molecule has 0 spiro atoms. The zero-order valence-corrected chi connectivity index (χ0v) is 30.7. The summed E-state index contributed by atoms with van der Waals surface area (Å²) in [4.78, 5) is 43.9. The summed E-state index contributed by atoms with van der Waals surface area (Å²) in [6, 6.07) is 0. The number of epoxide rings is 1. The lowest BCUT2D eigenvalue weighted by atomic mass is 10.1. The molecular formula is C36H66O12. The van der Waals surface area contributed by atoms with Crippen LogP contribution in [0.15, 0.2) is 12.3 Å². The summed E-state index contributed by atoms with van der Waals surface area (Å²) in [6.07, 6.45) is 11.3. The van der Waals surface area contributed by atoms with Gasteiger partial charge in [-0.3, -0.25) is 19.2 Å². The molecule has 0 aromatic rings. The fourth-order valence-electron chi connectivity index (χ4n) is 3.53. The smallest absolute Gasteiger partial charge is 0.308 e. The van der Waals surface area contributed by atoms with Gasteiger partial charge in [-0.15, -0.1) is 0 Å². The van der Waals surface area contributed by atoms with E-state index >= 15 is 0 Å². The Labute approximate surface area is 289 Å². The van der Waals surface area contributed by atoms with E-state index in [0.717, 1.165) is 25.9 Å². The molecule has 12 heteroatoms. The number of carbonyl (C=O) groups excluding carboxylic acids is 2. The highest BCUT2D eigenvalue weighted by atomic mass is 16.7. The number of rotatable bonds is 27. The van der Waals surface area contributed by atoms with Crippen molar-refractivity contribution in [1.82, 2.24) is 0 Å². The molecule has 1 saturated heterocycles. The van der Waals surface area contributed by atoms with Gasteiger partial charge in [0.2, 0.25) is 12.6 Å². The normalized spacial score (nSPS) is 15.9. The Balaban J connectivity index is 0. The van der Waals surface area contributed by atoms with Gasteiger partial charge in [0, 0.05) is 38.5 Å². The SMILES string of the molecule is C/C=C\OCC1CO1.CCC(C)COC(CC)OC(=O)CCCCCC(=O)OC(CC)OCC(C)CC.O=C(O)CCCCCC(=O)O. The van der Waals surface area contributed by atoms with Crippen LogP contribution in [0.1, 0.15) is 138 Å². The maximum Gasteiger partial charge on any atom is 0.308 e. The van der Waals surface area contributed by atoms with Crippen LogP contribution in [0.25, 0.3) is 0 Å². The first-order valence-electron chi connectivity index (χ1n) is 17.8. The molecule has 0 aromatic carbocycles. The number of unbranched alkanes of at least 4 members (excludes halogenated alkanes) is 4. The topological polar surface area (TPSA) is 167 Å². The molecule has 1 rings (SSSR count). The third-order valence-electron chi connectivity index (χ3n) is 7.18. The van der Waals surface area contributed by atoms with Crippen LogP contribution in [-0.4, -0.2) is 79.2 Å². The lowest BCUT2D eigenvalue weighted by Gasteiger charge is -2.19. The molecule has 0 radical (unpaired) electrons. The lowest BCUT2D eigenvalue weighted by molar-refractivity contribution is -0.182. The number of hydrogen-bond donors (Lipinski definition) is 2. The van der Waals surface area contributed by atoms with Gasteiger partial charge in [-0.1, -0.05) is 73.3 Å². The van der Waals surface area contributed by atoms with E-state index in [1.54, 1.807) is 6.26 Å². The van der Waals surface area contributed by atoms with E-state index in [-0.39, 0.29) is 24.8 Å². The minimum Gasteiger partial charge on any atom is -0.499 e. The van der Waals surface area contributed by atoms with E-state index < -0.39 is 24.5 Å². The van der Waals surface area contributed by atoms with Crippen molar-refractivity contribution in [3.05, 3.63) is 12.3 Å². The zero-order chi connectivity index (χ0) is 36.6. The minimum atomic E-state index is -0.819. The molecule has 5 atom stereocenters. The van der Waals surface area contributed by atoms with Crippen LogP contribution in [0.4, 0.5) is 0 Å². The average Bonchev–Trinajstić information content (AvgIpc) is 3.89. The Morgan fingerprint density at radius 1 is 0.688 bits per heavy atom. The first-order valence-corrected chi connectivity index (χ1v) is 17.8. The van der Waals surface area contributed by atoms with Crippen LogP contribution >= 0.6 is 0 Å². The third kappa shape index (κ3) is 34.6. The van der Waals surface area contributed by atoms with Gasteiger partial charge >= 0.3 is 23.9 Å². The first-order chi connectivity index (χ1) is 22.9. The van der Waals surface area contributed by atoms with Crippen molar-refractivity contribution in [2.45, 2.75) is 157 Å². The predicted octanol–water partition coefficient (Wildman–Crippen LogP) is 7.66. The minimum absolute atomic E-state index is 0.139. The van der Waals surface area contributed by atoms with Gasteiger partial charge in [-0.2, -0.15) is 0 Å². The van der Waals surface area contributed by atoms with Gasteiger partial charge in [-0.05, 0) is 44.4 Å². The molecule has 1 aliphatic rings. The van der Waals surface area contributed by atoms with Crippen LogP contribution in [0.5, 0.6) is 0 Å². The van der Waals surface area contributed by atoms with Crippen molar-refractivity contribution >= 4 is 23.9 Å². The Morgan fingerprint density at radius 3 is 1.40 bits per heavy atom. The summed E-state index contributed by atoms with van der Waals surface area (Å²) < 4.78 is 31.9. The molecular weight excluding hydrogens is 624 g/mol. The number of carbonyl (C=O) groups is 4. The largest absolute Gasteiger partial charge is 0.499 e. The second-order valence-corrected chi connectivity index (χ2v) is 12.0. The molecule has 1 fully saturated rings. The summed E-state index contributed by atoms with van der Waals surface area (Å²) in [6.45, 7) is 17.0. The summed E-state index contributed by atoms with van der Waals surface area (Å²) in [5.74, 6) is -1.22. The molecule has 1 aliphatic heterocycles. The standard InChI is InChI=1S/C23H44O6.C7H12O4.C6H10O2/c1-7-18(5)16-26-22(9-3)28-20(24)14-12-11-13-15-21(25)29-23(10-4)27-17-19(6)8-2;8-6(9)4-2-1-3-5-7(10)11;1-2-3-7-4-6-5-8-6/h18-19,22-23H,7-17H2,1-6H3;1-5H2,(H,8,9)(H,10,11);2-3,6H,4-5H2,1H3/b;;3-2-. The van der Waals surface area contributed by atoms with Gasteiger partial charge in [0.25, 0.3) is 0 Å². The summed E-state index contributed by atoms with van der Waals surface area (Å²) >= 11 is 0. The third-order valence-corrected chi connectivity index (χ3v) is 7.18. The zero-order valence-electron chi connectivity index (χ0n) is 30.7. The number of carboxylic acid groups (broad SMARTS) is 2. The van der Waals surface area contributed by atoms with Crippen molar-refractivity contribution in [2.24, 2.45) is 11.8 Å². The van der Waals surface area contributed by atoms with Gasteiger partial charge in [0.15, 0.2) is 0 Å². The fourth-order valence-corrected chi connectivity index (χ4v) is 3.53. The predicted molar refractivity (Wildman–Crippen MR) is 183 cm³/mol. The highest BCUT2D eigenvalue weighted by Gasteiger charge is 2.22. The molecule has 48 heavy (non-hydrogen) atoms. The number of esters is 2. The number of carboxylic acids is 2.